The summed E-state index contributed by atoms with van der Waals surface area (Å²) in [6.45, 7) is 10.9. The van der Waals surface area contributed by atoms with Crippen molar-refractivity contribution >= 4 is 11.5 Å². The van der Waals surface area contributed by atoms with E-state index in [9.17, 15) is 0 Å². The van der Waals surface area contributed by atoms with Crippen molar-refractivity contribution in [2.24, 2.45) is 0 Å². The largest absolute Gasteiger partial charge is 0.353 e. The highest BCUT2D eigenvalue weighted by atomic mass is 15.4. The van der Waals surface area contributed by atoms with Crippen LogP contribution in [0.15, 0.2) is 36.5 Å². The highest BCUT2D eigenvalue weighted by Gasteiger charge is 2.12. The second-order valence-electron chi connectivity index (χ2n) is 4.48. The van der Waals surface area contributed by atoms with Crippen LogP contribution in [0.5, 0.6) is 0 Å². The number of rotatable bonds is 2. The van der Waals surface area contributed by atoms with Gasteiger partial charge in [0.2, 0.25) is 0 Å². The van der Waals surface area contributed by atoms with Gasteiger partial charge in [-0.2, -0.15) is 5.10 Å². The first-order valence-corrected chi connectivity index (χ1v) is 6.36. The van der Waals surface area contributed by atoms with Gasteiger partial charge in [-0.15, -0.1) is 0 Å². The monoisotopic (exact) mass is 253 g/mol. The molecule has 1 aromatic carbocycles. The molecule has 1 aliphatic rings. The predicted octanol–water partition coefficient (Wildman–Crippen LogP) is 1.83. The minimum absolute atomic E-state index is 0.651. The van der Waals surface area contributed by atoms with Gasteiger partial charge in [-0.1, -0.05) is 12.1 Å². The van der Waals surface area contributed by atoms with Crippen molar-refractivity contribution in [1.82, 2.24) is 15.1 Å². The normalized spacial score (nSPS) is 15.2. The molecule has 2 heterocycles. The fourth-order valence-electron chi connectivity index (χ4n) is 2.20. The van der Waals surface area contributed by atoms with E-state index in [1.807, 2.05) is 41.2 Å². The van der Waals surface area contributed by atoms with Gasteiger partial charge >= 0.3 is 0 Å². The zero-order valence-electron chi connectivity index (χ0n) is 10.6. The minimum atomic E-state index is 0.651. The maximum atomic E-state index is 6.95. The molecule has 0 amide bonds. The standard InChI is InChI=1S/C14H15N5/c1-15-12-2-4-13(5-3-12)19-9-6-14(17-19)18-10-7-16-8-11-18/h2-6,9,16H,7-8,10-11H2. The summed E-state index contributed by atoms with van der Waals surface area (Å²) in [5, 5.41) is 7.93. The van der Waals surface area contributed by atoms with Crippen molar-refractivity contribution in [3.63, 3.8) is 0 Å². The lowest BCUT2D eigenvalue weighted by molar-refractivity contribution is 0.583. The first-order valence-electron chi connectivity index (χ1n) is 6.36. The average Bonchev–Trinajstić information content (AvgIpc) is 2.98. The number of aromatic nitrogens is 2. The Morgan fingerprint density at radius 3 is 2.53 bits per heavy atom. The molecule has 0 spiro atoms. The fraction of sp³-hybridized carbons (Fsp3) is 0.286. The van der Waals surface area contributed by atoms with E-state index in [1.54, 1.807) is 0 Å². The Bertz CT molecular complexity index is 587. The lowest BCUT2D eigenvalue weighted by atomic mass is 10.3. The quantitative estimate of drug-likeness (QED) is 0.830. The third-order valence-electron chi connectivity index (χ3n) is 3.26. The number of nitrogens with one attached hydrogen (secondary N) is 1. The number of hydrogen-bond donors (Lipinski definition) is 1. The van der Waals surface area contributed by atoms with E-state index in [-0.39, 0.29) is 0 Å². The van der Waals surface area contributed by atoms with Gasteiger partial charge in [-0.25, -0.2) is 9.53 Å². The number of hydrogen-bond acceptors (Lipinski definition) is 3. The Morgan fingerprint density at radius 2 is 1.84 bits per heavy atom. The predicted molar refractivity (Wildman–Crippen MR) is 74.9 cm³/mol. The van der Waals surface area contributed by atoms with Gasteiger partial charge in [0.05, 0.1) is 12.3 Å². The van der Waals surface area contributed by atoms with E-state index in [0.29, 0.717) is 5.69 Å². The number of piperazine rings is 1. The Hall–Kier alpha value is -2.32. The van der Waals surface area contributed by atoms with Crippen molar-refractivity contribution in [1.29, 1.82) is 0 Å². The van der Waals surface area contributed by atoms with Crippen LogP contribution in [-0.4, -0.2) is 36.0 Å². The first-order chi connectivity index (χ1) is 9.36. The molecule has 0 unspecified atom stereocenters. The van der Waals surface area contributed by atoms with E-state index in [4.69, 9.17) is 6.57 Å². The van der Waals surface area contributed by atoms with Gasteiger partial charge in [-0.3, -0.25) is 0 Å². The summed E-state index contributed by atoms with van der Waals surface area (Å²) >= 11 is 0. The van der Waals surface area contributed by atoms with Crippen LogP contribution in [0.3, 0.4) is 0 Å². The molecule has 5 heteroatoms. The molecule has 0 saturated carbocycles. The zero-order chi connectivity index (χ0) is 13.1. The molecule has 5 nitrogen and oxygen atoms in total. The molecule has 1 saturated heterocycles. The smallest absolute Gasteiger partial charge is 0.187 e. The molecule has 0 atom stereocenters. The second-order valence-corrected chi connectivity index (χ2v) is 4.48. The van der Waals surface area contributed by atoms with Crippen LogP contribution in [0.2, 0.25) is 0 Å². The molecule has 0 radical (unpaired) electrons. The van der Waals surface area contributed by atoms with Crippen molar-refractivity contribution in [2.75, 3.05) is 31.1 Å². The minimum Gasteiger partial charge on any atom is -0.353 e. The second kappa shape index (κ2) is 5.12. The summed E-state index contributed by atoms with van der Waals surface area (Å²) in [5.41, 5.74) is 1.63. The van der Waals surface area contributed by atoms with Crippen molar-refractivity contribution in [2.45, 2.75) is 0 Å². The molecule has 19 heavy (non-hydrogen) atoms. The Morgan fingerprint density at radius 1 is 1.11 bits per heavy atom. The van der Waals surface area contributed by atoms with Crippen molar-refractivity contribution < 1.29 is 0 Å². The molecule has 3 rings (SSSR count). The van der Waals surface area contributed by atoms with Crippen LogP contribution in [0.4, 0.5) is 11.5 Å². The maximum Gasteiger partial charge on any atom is 0.187 e. The molecular weight excluding hydrogens is 238 g/mol. The van der Waals surface area contributed by atoms with Gasteiger partial charge in [0.1, 0.15) is 0 Å². The molecule has 0 bridgehead atoms. The van der Waals surface area contributed by atoms with Gasteiger partial charge in [-0.05, 0) is 12.1 Å². The average molecular weight is 253 g/mol. The summed E-state index contributed by atoms with van der Waals surface area (Å²) in [6.07, 6.45) is 1.96. The van der Waals surface area contributed by atoms with E-state index >= 15 is 0 Å². The molecule has 1 N–H and O–H groups in total. The van der Waals surface area contributed by atoms with Crippen LogP contribution in [0, 0.1) is 6.57 Å². The zero-order valence-corrected chi connectivity index (χ0v) is 10.6. The molecule has 2 aromatic rings. The van der Waals surface area contributed by atoms with Crippen molar-refractivity contribution in [3.8, 4) is 5.69 Å². The summed E-state index contributed by atoms with van der Waals surface area (Å²) in [5.74, 6) is 1.01. The Balaban J connectivity index is 1.81. The fourth-order valence-corrected chi connectivity index (χ4v) is 2.20. The lowest BCUT2D eigenvalue weighted by Crippen LogP contribution is -2.43. The van der Waals surface area contributed by atoms with E-state index in [2.05, 4.69) is 20.2 Å². The summed E-state index contributed by atoms with van der Waals surface area (Å²) in [4.78, 5) is 5.67. The van der Waals surface area contributed by atoms with Crippen LogP contribution in [0.25, 0.3) is 10.5 Å². The van der Waals surface area contributed by atoms with Crippen LogP contribution < -0.4 is 10.2 Å². The summed E-state index contributed by atoms with van der Waals surface area (Å²) in [6, 6.07) is 9.50. The number of nitrogens with zero attached hydrogens (tertiary/aromatic N) is 4. The molecule has 1 aromatic heterocycles. The van der Waals surface area contributed by atoms with Gasteiger partial charge in [0.15, 0.2) is 11.5 Å². The van der Waals surface area contributed by atoms with Crippen LogP contribution in [0.1, 0.15) is 0 Å². The Labute approximate surface area is 112 Å². The third kappa shape index (κ3) is 2.44. The van der Waals surface area contributed by atoms with Gasteiger partial charge in [0, 0.05) is 38.4 Å². The molecule has 1 fully saturated rings. The van der Waals surface area contributed by atoms with Gasteiger partial charge in [0.25, 0.3) is 0 Å². The van der Waals surface area contributed by atoms with Crippen LogP contribution in [-0.2, 0) is 0 Å². The molecule has 1 aliphatic heterocycles. The molecular formula is C14H15N5. The highest BCUT2D eigenvalue weighted by Crippen LogP contribution is 2.18. The summed E-state index contributed by atoms with van der Waals surface area (Å²) in [7, 11) is 0. The lowest BCUT2D eigenvalue weighted by Gasteiger charge is -2.27. The van der Waals surface area contributed by atoms with E-state index < -0.39 is 0 Å². The van der Waals surface area contributed by atoms with Crippen molar-refractivity contribution in [3.05, 3.63) is 47.9 Å². The third-order valence-corrected chi connectivity index (χ3v) is 3.26. The van der Waals surface area contributed by atoms with Crippen LogP contribution >= 0.6 is 0 Å². The summed E-state index contributed by atoms with van der Waals surface area (Å²) < 4.78 is 1.85. The van der Waals surface area contributed by atoms with E-state index in [1.165, 1.54) is 0 Å². The maximum absolute atomic E-state index is 6.95. The Kier molecular flexibility index (Phi) is 3.17. The number of anilines is 1. The first kappa shape index (κ1) is 11.8. The molecule has 0 aliphatic carbocycles. The number of benzene rings is 1. The highest BCUT2D eigenvalue weighted by molar-refractivity contribution is 5.50. The molecule has 96 valence electrons. The SMILES string of the molecule is [C-]#[N+]c1ccc(-n2ccc(N3CCNCC3)n2)cc1. The van der Waals surface area contributed by atoms with E-state index in [0.717, 1.165) is 37.7 Å². The topological polar surface area (TPSA) is 37.5 Å². The van der Waals surface area contributed by atoms with Gasteiger partial charge < -0.3 is 10.2 Å².